The number of nitriles is 1. The van der Waals surface area contributed by atoms with Crippen molar-refractivity contribution < 1.29 is 23.8 Å². The number of carbonyl (C=O) groups excluding carboxylic acids is 2. The number of para-hydroxylation sites is 1. The first-order chi connectivity index (χ1) is 15.0. The van der Waals surface area contributed by atoms with E-state index in [2.05, 4.69) is 10.6 Å². The van der Waals surface area contributed by atoms with Gasteiger partial charge in [0, 0.05) is 13.7 Å². The smallest absolute Gasteiger partial charge is 0.262 e. The summed E-state index contributed by atoms with van der Waals surface area (Å²) in [4.78, 5) is 24.2. The highest BCUT2D eigenvalue weighted by molar-refractivity contribution is 6.33. The Hall–Kier alpha value is -3.54. The first-order valence-corrected chi connectivity index (χ1v) is 9.60. The number of carbonyl (C=O) groups is 2. The summed E-state index contributed by atoms with van der Waals surface area (Å²) in [6, 6.07) is 13.6. The molecule has 0 atom stereocenters. The van der Waals surface area contributed by atoms with E-state index in [-0.39, 0.29) is 12.2 Å². The summed E-state index contributed by atoms with van der Waals surface area (Å²) in [5.41, 5.74) is 0.979. The zero-order valence-corrected chi connectivity index (χ0v) is 17.9. The molecule has 2 N–H and O–H groups in total. The Kier molecular flexibility index (Phi) is 9.36. The van der Waals surface area contributed by atoms with Crippen molar-refractivity contribution in [2.45, 2.75) is 0 Å². The molecule has 0 bridgehead atoms. The minimum atomic E-state index is -0.505. The van der Waals surface area contributed by atoms with Crippen LogP contribution < -0.4 is 20.1 Å². The molecule has 0 saturated carbocycles. The van der Waals surface area contributed by atoms with Gasteiger partial charge in [-0.25, -0.2) is 0 Å². The van der Waals surface area contributed by atoms with Crippen molar-refractivity contribution in [3.8, 4) is 17.6 Å². The zero-order valence-electron chi connectivity index (χ0n) is 17.1. The molecule has 2 amide bonds. The normalized spacial score (nSPS) is 10.7. The third kappa shape index (κ3) is 7.33. The second kappa shape index (κ2) is 12.2. The lowest BCUT2D eigenvalue weighted by Crippen LogP contribution is -2.27. The van der Waals surface area contributed by atoms with Crippen LogP contribution in [0.2, 0.25) is 5.02 Å². The van der Waals surface area contributed by atoms with E-state index in [1.54, 1.807) is 42.5 Å². The second-order valence-corrected chi connectivity index (χ2v) is 6.55. The van der Waals surface area contributed by atoms with E-state index in [1.165, 1.54) is 20.3 Å². The minimum Gasteiger partial charge on any atom is -0.493 e. The topological polar surface area (TPSA) is 110 Å². The molecule has 0 spiro atoms. The fraction of sp³-hybridized carbons (Fsp3) is 0.227. The molecular formula is C22H22ClN3O5. The lowest BCUT2D eigenvalue weighted by atomic mass is 10.1. The van der Waals surface area contributed by atoms with Gasteiger partial charge < -0.3 is 24.8 Å². The minimum absolute atomic E-state index is 0.0639. The van der Waals surface area contributed by atoms with E-state index in [0.717, 1.165) is 0 Å². The van der Waals surface area contributed by atoms with Gasteiger partial charge in [0.25, 0.3) is 11.8 Å². The molecule has 2 aromatic rings. The summed E-state index contributed by atoms with van der Waals surface area (Å²) >= 11 is 6.02. The Bertz CT molecular complexity index is 1000. The molecule has 0 fully saturated rings. The molecule has 0 heterocycles. The highest BCUT2D eigenvalue weighted by atomic mass is 35.5. The Morgan fingerprint density at radius 2 is 1.94 bits per heavy atom. The average Bonchev–Trinajstić information content (AvgIpc) is 2.78. The van der Waals surface area contributed by atoms with Gasteiger partial charge in [0.15, 0.2) is 18.1 Å². The van der Waals surface area contributed by atoms with Crippen molar-refractivity contribution >= 4 is 35.2 Å². The number of hydrogen-bond donors (Lipinski definition) is 2. The van der Waals surface area contributed by atoms with Crippen LogP contribution in [0, 0.1) is 11.3 Å². The van der Waals surface area contributed by atoms with Gasteiger partial charge in [0.1, 0.15) is 11.6 Å². The Labute approximate surface area is 185 Å². The molecule has 0 aliphatic carbocycles. The molecule has 0 radical (unpaired) electrons. The van der Waals surface area contributed by atoms with Crippen LogP contribution in [-0.2, 0) is 14.3 Å². The van der Waals surface area contributed by atoms with E-state index in [9.17, 15) is 14.9 Å². The van der Waals surface area contributed by atoms with Crippen LogP contribution in [0.3, 0.4) is 0 Å². The molecule has 31 heavy (non-hydrogen) atoms. The maximum atomic E-state index is 12.1. The van der Waals surface area contributed by atoms with E-state index in [0.29, 0.717) is 40.9 Å². The average molecular weight is 444 g/mol. The van der Waals surface area contributed by atoms with Crippen LogP contribution in [0.15, 0.2) is 48.0 Å². The summed E-state index contributed by atoms with van der Waals surface area (Å²) in [5.74, 6) is -0.220. The SMILES string of the molecule is COCCNC(=O)/C(C#N)=C/c1ccc(OCC(=O)Nc2ccccc2Cl)c(OC)c1. The standard InChI is InChI=1S/C22H22ClN3O5/c1-29-10-9-25-22(28)16(13-24)11-15-7-8-19(20(12-15)30-2)31-14-21(27)26-18-6-4-3-5-17(18)23/h3-8,11-12H,9-10,14H2,1-2H3,(H,25,28)(H,26,27)/b16-11+. The molecular weight excluding hydrogens is 422 g/mol. The van der Waals surface area contributed by atoms with Gasteiger partial charge in [-0.2, -0.15) is 5.26 Å². The molecule has 0 aliphatic rings. The number of nitrogens with zero attached hydrogens (tertiary/aromatic N) is 1. The number of anilines is 1. The van der Waals surface area contributed by atoms with Gasteiger partial charge in [0.05, 0.1) is 24.4 Å². The summed E-state index contributed by atoms with van der Waals surface area (Å²) in [5, 5.41) is 14.9. The van der Waals surface area contributed by atoms with Crippen molar-refractivity contribution in [3.05, 3.63) is 58.6 Å². The van der Waals surface area contributed by atoms with Gasteiger partial charge >= 0.3 is 0 Å². The number of ether oxygens (including phenoxy) is 3. The van der Waals surface area contributed by atoms with Gasteiger partial charge in [0.2, 0.25) is 0 Å². The van der Waals surface area contributed by atoms with Gasteiger partial charge in [-0.15, -0.1) is 0 Å². The van der Waals surface area contributed by atoms with Crippen molar-refractivity contribution in [1.29, 1.82) is 5.26 Å². The highest BCUT2D eigenvalue weighted by Crippen LogP contribution is 2.29. The number of halogens is 1. The van der Waals surface area contributed by atoms with Crippen LogP contribution in [0.25, 0.3) is 6.08 Å². The Morgan fingerprint density at radius 3 is 2.61 bits per heavy atom. The van der Waals surface area contributed by atoms with Gasteiger partial charge in [-0.05, 0) is 35.9 Å². The predicted molar refractivity (Wildman–Crippen MR) is 117 cm³/mol. The molecule has 2 rings (SSSR count). The van der Waals surface area contributed by atoms with Crippen LogP contribution >= 0.6 is 11.6 Å². The third-order valence-electron chi connectivity index (χ3n) is 3.96. The zero-order chi connectivity index (χ0) is 22.6. The van der Waals surface area contributed by atoms with E-state index >= 15 is 0 Å². The fourth-order valence-corrected chi connectivity index (χ4v) is 2.65. The first-order valence-electron chi connectivity index (χ1n) is 9.22. The number of benzene rings is 2. The number of amides is 2. The van der Waals surface area contributed by atoms with Crippen molar-refractivity contribution in [2.75, 3.05) is 39.3 Å². The van der Waals surface area contributed by atoms with Crippen LogP contribution in [0.4, 0.5) is 5.69 Å². The maximum Gasteiger partial charge on any atom is 0.262 e. The van der Waals surface area contributed by atoms with Crippen molar-refractivity contribution in [3.63, 3.8) is 0 Å². The number of methoxy groups -OCH3 is 2. The summed E-state index contributed by atoms with van der Waals surface area (Å²) in [7, 11) is 2.96. The molecule has 2 aromatic carbocycles. The van der Waals surface area contributed by atoms with Crippen LogP contribution in [0.5, 0.6) is 11.5 Å². The molecule has 162 valence electrons. The molecule has 0 aromatic heterocycles. The Balaban J connectivity index is 2.05. The van der Waals surface area contributed by atoms with Crippen molar-refractivity contribution in [1.82, 2.24) is 5.32 Å². The van der Waals surface area contributed by atoms with Crippen molar-refractivity contribution in [2.24, 2.45) is 0 Å². The summed E-state index contributed by atoms with van der Waals surface area (Å²) < 4.78 is 15.7. The summed E-state index contributed by atoms with van der Waals surface area (Å²) in [6.45, 7) is 0.372. The molecule has 8 nitrogen and oxygen atoms in total. The molecule has 0 saturated heterocycles. The first kappa shape index (κ1) is 23.7. The van der Waals surface area contributed by atoms with Gasteiger partial charge in [-0.3, -0.25) is 9.59 Å². The monoisotopic (exact) mass is 443 g/mol. The van der Waals surface area contributed by atoms with Crippen LogP contribution in [0.1, 0.15) is 5.56 Å². The predicted octanol–water partition coefficient (Wildman–Crippen LogP) is 3.04. The molecule has 0 unspecified atom stereocenters. The van der Waals surface area contributed by atoms with E-state index < -0.39 is 11.8 Å². The maximum absolute atomic E-state index is 12.1. The second-order valence-electron chi connectivity index (χ2n) is 6.15. The van der Waals surface area contributed by atoms with Gasteiger partial charge in [-0.1, -0.05) is 29.8 Å². The molecule has 0 aliphatic heterocycles. The quantitative estimate of drug-likeness (QED) is 0.332. The van der Waals surface area contributed by atoms with E-state index in [1.807, 2.05) is 6.07 Å². The number of nitrogens with one attached hydrogen (secondary N) is 2. The molecule has 9 heteroatoms. The lowest BCUT2D eigenvalue weighted by Gasteiger charge is -2.12. The van der Waals surface area contributed by atoms with Crippen LogP contribution in [-0.4, -0.2) is 45.8 Å². The largest absolute Gasteiger partial charge is 0.493 e. The third-order valence-corrected chi connectivity index (χ3v) is 4.29. The fourth-order valence-electron chi connectivity index (χ4n) is 2.46. The Morgan fingerprint density at radius 1 is 1.16 bits per heavy atom. The lowest BCUT2D eigenvalue weighted by molar-refractivity contribution is -0.118. The highest BCUT2D eigenvalue weighted by Gasteiger charge is 2.12. The summed E-state index contributed by atoms with van der Waals surface area (Å²) in [6.07, 6.45) is 1.43. The number of hydrogen-bond acceptors (Lipinski definition) is 6. The van der Waals surface area contributed by atoms with E-state index in [4.69, 9.17) is 25.8 Å². The number of rotatable bonds is 10.